The molecule has 1 fully saturated rings. The fraction of sp³-hybridized carbons (Fsp3) is 0.857. The van der Waals surface area contributed by atoms with E-state index < -0.39 is 37.0 Å². The summed E-state index contributed by atoms with van der Waals surface area (Å²) in [5, 5.41) is 0. The third-order valence-electron chi connectivity index (χ3n) is 2.03. The summed E-state index contributed by atoms with van der Waals surface area (Å²) in [5.41, 5.74) is -1.46. The predicted octanol–water partition coefficient (Wildman–Crippen LogP) is 2.26. The molecule has 0 N–H and O–H groups in total. The zero-order chi connectivity index (χ0) is 9.41. The number of halogens is 4. The highest BCUT2D eigenvalue weighted by molar-refractivity contribution is 5.62. The summed E-state index contributed by atoms with van der Waals surface area (Å²) in [6.07, 6.45) is -4.66. The van der Waals surface area contributed by atoms with E-state index >= 15 is 0 Å². The minimum absolute atomic E-state index is 0.233. The first kappa shape index (κ1) is 9.48. The molecule has 0 unspecified atom stereocenters. The molecule has 0 spiro atoms. The first-order valence-corrected chi connectivity index (χ1v) is 3.51. The zero-order valence-corrected chi connectivity index (χ0v) is 6.20. The van der Waals surface area contributed by atoms with Gasteiger partial charge in [-0.15, -0.1) is 0 Å². The smallest absolute Gasteiger partial charge is 0.250 e. The van der Waals surface area contributed by atoms with E-state index in [-0.39, 0.29) is 6.29 Å². The Morgan fingerprint density at radius 2 is 1.83 bits per heavy atom. The quantitative estimate of drug-likeness (QED) is 0.485. The highest BCUT2D eigenvalue weighted by atomic mass is 19.3. The molecule has 0 radical (unpaired) electrons. The van der Waals surface area contributed by atoms with Crippen LogP contribution in [-0.2, 0) is 4.79 Å². The summed E-state index contributed by atoms with van der Waals surface area (Å²) in [4.78, 5) is 10.3. The number of carbonyl (C=O) groups is 1. The lowest BCUT2D eigenvalue weighted by Crippen LogP contribution is -2.48. The van der Waals surface area contributed by atoms with Crippen LogP contribution in [0.15, 0.2) is 0 Å². The third kappa shape index (κ3) is 1.76. The first-order valence-electron chi connectivity index (χ1n) is 3.51. The zero-order valence-electron chi connectivity index (χ0n) is 6.20. The van der Waals surface area contributed by atoms with Crippen LogP contribution in [0.1, 0.15) is 19.3 Å². The molecule has 0 saturated heterocycles. The molecule has 1 aliphatic carbocycles. The van der Waals surface area contributed by atoms with Crippen LogP contribution in [0, 0.1) is 5.41 Å². The van der Waals surface area contributed by atoms with Gasteiger partial charge in [-0.25, -0.2) is 17.6 Å². The van der Waals surface area contributed by atoms with Crippen molar-refractivity contribution in [3.05, 3.63) is 0 Å². The lowest BCUT2D eigenvalue weighted by atomic mass is 9.65. The maximum atomic E-state index is 12.3. The van der Waals surface area contributed by atoms with E-state index in [1.165, 1.54) is 0 Å². The van der Waals surface area contributed by atoms with E-state index in [0.717, 1.165) is 0 Å². The van der Waals surface area contributed by atoms with Gasteiger partial charge in [0.15, 0.2) is 0 Å². The molecule has 0 aromatic rings. The second-order valence-corrected chi connectivity index (χ2v) is 3.28. The van der Waals surface area contributed by atoms with Gasteiger partial charge in [0, 0.05) is 24.7 Å². The standard InChI is InChI=1S/C7H8F4O/c8-5(9)1-6(4-12)2-7(10,11)3-6/h4-5H,1-3H2. The predicted molar refractivity (Wildman–Crippen MR) is 33.3 cm³/mol. The van der Waals surface area contributed by atoms with Crippen molar-refractivity contribution in [2.75, 3.05) is 0 Å². The number of alkyl halides is 4. The molecule has 12 heavy (non-hydrogen) atoms. The fourth-order valence-electron chi connectivity index (χ4n) is 1.56. The van der Waals surface area contributed by atoms with Crippen LogP contribution in [0.5, 0.6) is 0 Å². The lowest BCUT2D eigenvalue weighted by Gasteiger charge is -2.43. The molecule has 0 aliphatic heterocycles. The molecule has 0 heterocycles. The van der Waals surface area contributed by atoms with Gasteiger partial charge >= 0.3 is 0 Å². The van der Waals surface area contributed by atoms with Gasteiger partial charge in [-0.05, 0) is 0 Å². The van der Waals surface area contributed by atoms with E-state index in [1.807, 2.05) is 0 Å². The molecule has 0 amide bonds. The molecule has 0 aromatic heterocycles. The summed E-state index contributed by atoms with van der Waals surface area (Å²) in [6, 6.07) is 0. The Kier molecular flexibility index (Phi) is 2.14. The summed E-state index contributed by atoms with van der Waals surface area (Å²) < 4.78 is 48.1. The van der Waals surface area contributed by atoms with Gasteiger partial charge in [-0.1, -0.05) is 0 Å². The van der Waals surface area contributed by atoms with Crippen molar-refractivity contribution in [2.24, 2.45) is 5.41 Å². The number of aldehydes is 1. The molecule has 70 valence electrons. The van der Waals surface area contributed by atoms with Gasteiger partial charge in [0.05, 0.1) is 0 Å². The van der Waals surface area contributed by atoms with E-state index in [0.29, 0.717) is 0 Å². The maximum absolute atomic E-state index is 12.3. The summed E-state index contributed by atoms with van der Waals surface area (Å²) >= 11 is 0. The second kappa shape index (κ2) is 2.71. The van der Waals surface area contributed by atoms with Crippen molar-refractivity contribution in [3.8, 4) is 0 Å². The van der Waals surface area contributed by atoms with Crippen molar-refractivity contribution < 1.29 is 22.4 Å². The molecule has 0 aromatic carbocycles. The topological polar surface area (TPSA) is 17.1 Å². The Labute approximate surface area is 66.7 Å². The number of rotatable bonds is 3. The minimum atomic E-state index is -2.92. The highest BCUT2D eigenvalue weighted by Gasteiger charge is 2.57. The van der Waals surface area contributed by atoms with Gasteiger partial charge in [0.1, 0.15) is 6.29 Å². The van der Waals surface area contributed by atoms with Crippen LogP contribution >= 0.6 is 0 Å². The Bertz CT molecular complexity index is 176. The van der Waals surface area contributed by atoms with Crippen molar-refractivity contribution in [1.82, 2.24) is 0 Å². The molecule has 1 rings (SSSR count). The van der Waals surface area contributed by atoms with Gasteiger partial charge in [-0.2, -0.15) is 0 Å². The van der Waals surface area contributed by atoms with Crippen LogP contribution in [0.2, 0.25) is 0 Å². The molecule has 5 heteroatoms. The monoisotopic (exact) mass is 184 g/mol. The van der Waals surface area contributed by atoms with Crippen molar-refractivity contribution in [2.45, 2.75) is 31.6 Å². The van der Waals surface area contributed by atoms with Crippen LogP contribution in [-0.4, -0.2) is 18.6 Å². The molecular weight excluding hydrogens is 176 g/mol. The SMILES string of the molecule is O=CC1(CC(F)F)CC(F)(F)C1. The summed E-state index contributed by atoms with van der Waals surface area (Å²) in [7, 11) is 0. The molecule has 0 atom stereocenters. The highest BCUT2D eigenvalue weighted by Crippen LogP contribution is 2.53. The number of carbonyl (C=O) groups excluding carboxylic acids is 1. The first-order chi connectivity index (χ1) is 5.39. The van der Waals surface area contributed by atoms with Crippen molar-refractivity contribution in [3.63, 3.8) is 0 Å². The van der Waals surface area contributed by atoms with E-state index in [4.69, 9.17) is 0 Å². The fourth-order valence-corrected chi connectivity index (χ4v) is 1.56. The summed E-state index contributed by atoms with van der Waals surface area (Å²) in [5.74, 6) is -2.92. The van der Waals surface area contributed by atoms with Gasteiger partial charge in [0.2, 0.25) is 12.3 Å². The van der Waals surface area contributed by atoms with Gasteiger partial charge in [-0.3, -0.25) is 0 Å². The van der Waals surface area contributed by atoms with Crippen molar-refractivity contribution >= 4 is 6.29 Å². The average Bonchev–Trinajstić information content (AvgIpc) is 1.81. The van der Waals surface area contributed by atoms with Gasteiger partial charge in [0.25, 0.3) is 0 Å². The molecular formula is C7H8F4O. The maximum Gasteiger partial charge on any atom is 0.250 e. The molecule has 0 bridgehead atoms. The molecule has 1 nitrogen and oxygen atoms in total. The Morgan fingerprint density at radius 3 is 2.08 bits per heavy atom. The van der Waals surface area contributed by atoms with Crippen LogP contribution in [0.3, 0.4) is 0 Å². The lowest BCUT2D eigenvalue weighted by molar-refractivity contribution is -0.176. The summed E-state index contributed by atoms with van der Waals surface area (Å²) in [6.45, 7) is 0. The van der Waals surface area contributed by atoms with Crippen molar-refractivity contribution in [1.29, 1.82) is 0 Å². The van der Waals surface area contributed by atoms with Crippen LogP contribution in [0.25, 0.3) is 0 Å². The van der Waals surface area contributed by atoms with E-state index in [9.17, 15) is 22.4 Å². The third-order valence-corrected chi connectivity index (χ3v) is 2.03. The largest absolute Gasteiger partial charge is 0.303 e. The average molecular weight is 184 g/mol. The van der Waals surface area contributed by atoms with Gasteiger partial charge < -0.3 is 4.79 Å². The van der Waals surface area contributed by atoms with E-state index in [1.54, 1.807) is 0 Å². The molecule has 1 saturated carbocycles. The van der Waals surface area contributed by atoms with Crippen LogP contribution in [0.4, 0.5) is 17.6 Å². The normalized spacial score (nSPS) is 25.1. The Morgan fingerprint density at radius 1 is 1.33 bits per heavy atom. The van der Waals surface area contributed by atoms with E-state index in [2.05, 4.69) is 0 Å². The Hall–Kier alpha value is -0.610. The number of hydrogen-bond acceptors (Lipinski definition) is 1. The Balaban J connectivity index is 2.53. The second-order valence-electron chi connectivity index (χ2n) is 3.28. The number of hydrogen-bond donors (Lipinski definition) is 0. The van der Waals surface area contributed by atoms with Crippen LogP contribution < -0.4 is 0 Å². The minimum Gasteiger partial charge on any atom is -0.303 e. The molecule has 1 aliphatic rings.